The standard InChI is InChI=1S/C30H45N2O3/c1-5-6-7-8-9-10-11-12-13-14-15-28(29(34)32-24-18-16-23(31)17-19-24)35-25-20-21-27(33)26(22-25)30(2,3)4/h16-22,28,31,33H,5-15H2,1-4H3,(H,32,34). The highest BCUT2D eigenvalue weighted by Crippen LogP contribution is 2.34. The lowest BCUT2D eigenvalue weighted by Crippen LogP contribution is -2.33. The van der Waals surface area contributed by atoms with E-state index in [1.807, 2.05) is 26.8 Å². The zero-order valence-electron chi connectivity index (χ0n) is 22.2. The van der Waals surface area contributed by atoms with Gasteiger partial charge in [0.15, 0.2) is 6.10 Å². The zero-order chi connectivity index (χ0) is 25.7. The van der Waals surface area contributed by atoms with E-state index < -0.39 is 6.10 Å². The molecule has 3 N–H and O–H groups in total. The molecule has 193 valence electrons. The zero-order valence-corrected chi connectivity index (χ0v) is 22.2. The Kier molecular flexibility index (Phi) is 11.9. The predicted octanol–water partition coefficient (Wildman–Crippen LogP) is 8.30. The van der Waals surface area contributed by atoms with Crippen molar-refractivity contribution in [2.45, 2.75) is 110 Å². The van der Waals surface area contributed by atoms with Gasteiger partial charge in [0.1, 0.15) is 11.5 Å². The summed E-state index contributed by atoms with van der Waals surface area (Å²) in [6, 6.07) is 12.0. The Balaban J connectivity index is 1.95. The molecule has 0 aliphatic carbocycles. The normalized spacial score (nSPS) is 12.3. The lowest BCUT2D eigenvalue weighted by atomic mass is 9.86. The molecular formula is C30H45N2O3. The molecular weight excluding hydrogens is 436 g/mol. The lowest BCUT2D eigenvalue weighted by Gasteiger charge is -2.23. The fraction of sp³-hybridized carbons (Fsp3) is 0.567. The van der Waals surface area contributed by atoms with Crippen LogP contribution in [0.1, 0.15) is 104 Å². The van der Waals surface area contributed by atoms with E-state index in [2.05, 4.69) is 12.2 Å². The summed E-state index contributed by atoms with van der Waals surface area (Å²) in [7, 11) is 0. The predicted molar refractivity (Wildman–Crippen MR) is 146 cm³/mol. The quantitative estimate of drug-likeness (QED) is 0.251. The van der Waals surface area contributed by atoms with Crippen molar-refractivity contribution < 1.29 is 14.6 Å². The molecule has 1 radical (unpaired) electrons. The van der Waals surface area contributed by atoms with Crippen molar-refractivity contribution in [3.63, 3.8) is 0 Å². The van der Waals surface area contributed by atoms with Crippen LogP contribution in [-0.2, 0) is 10.2 Å². The van der Waals surface area contributed by atoms with E-state index >= 15 is 0 Å². The number of phenols is 1. The molecule has 0 heterocycles. The highest BCUT2D eigenvalue weighted by atomic mass is 16.5. The van der Waals surface area contributed by atoms with E-state index in [1.54, 1.807) is 36.4 Å². The van der Waals surface area contributed by atoms with Gasteiger partial charge in [0, 0.05) is 11.3 Å². The molecule has 0 aliphatic rings. The molecule has 0 saturated carbocycles. The Bertz CT molecular complexity index is 887. The summed E-state index contributed by atoms with van der Waals surface area (Å²) in [5, 5.41) is 13.2. The van der Waals surface area contributed by atoms with Gasteiger partial charge in [-0.2, -0.15) is 0 Å². The number of anilines is 1. The number of amides is 1. The average Bonchev–Trinajstić information content (AvgIpc) is 2.81. The molecule has 0 bridgehead atoms. The molecule has 0 fully saturated rings. The molecule has 0 aromatic heterocycles. The maximum Gasteiger partial charge on any atom is 0.265 e. The average molecular weight is 482 g/mol. The van der Waals surface area contributed by atoms with E-state index in [9.17, 15) is 9.90 Å². The van der Waals surface area contributed by atoms with E-state index in [-0.39, 0.29) is 17.1 Å². The van der Waals surface area contributed by atoms with Gasteiger partial charge in [0.05, 0.1) is 5.69 Å². The second-order valence-corrected chi connectivity index (χ2v) is 10.6. The van der Waals surface area contributed by atoms with Gasteiger partial charge >= 0.3 is 0 Å². The number of nitrogens with one attached hydrogen (secondary N) is 2. The largest absolute Gasteiger partial charge is 0.508 e. The van der Waals surface area contributed by atoms with Crippen molar-refractivity contribution in [1.29, 1.82) is 0 Å². The van der Waals surface area contributed by atoms with Crippen molar-refractivity contribution in [3.05, 3.63) is 48.0 Å². The number of carbonyl (C=O) groups excluding carboxylic acids is 1. The third-order valence-electron chi connectivity index (χ3n) is 6.32. The summed E-state index contributed by atoms with van der Waals surface area (Å²) in [6.45, 7) is 8.36. The van der Waals surface area contributed by atoms with Crippen LogP contribution in [0.25, 0.3) is 0 Å². The SMILES string of the molecule is CCCCCCCCCCCCC(Oc1ccc(O)c(C(C)(C)C)c1)C(=O)Nc1ccc([NH])cc1. The van der Waals surface area contributed by atoms with Crippen molar-refractivity contribution in [3.8, 4) is 11.5 Å². The monoisotopic (exact) mass is 481 g/mol. The summed E-state index contributed by atoms with van der Waals surface area (Å²) in [5.74, 6) is 0.626. The Morgan fingerprint density at radius 3 is 2.06 bits per heavy atom. The van der Waals surface area contributed by atoms with Crippen LogP contribution in [0.5, 0.6) is 11.5 Å². The molecule has 0 spiro atoms. The first kappa shape index (κ1) is 28.5. The number of hydrogen-bond acceptors (Lipinski definition) is 3. The third kappa shape index (κ3) is 10.6. The Morgan fingerprint density at radius 1 is 0.914 bits per heavy atom. The number of hydrogen-bond donors (Lipinski definition) is 2. The molecule has 2 rings (SSSR count). The first-order valence-electron chi connectivity index (χ1n) is 13.3. The fourth-order valence-corrected chi connectivity index (χ4v) is 4.19. The van der Waals surface area contributed by atoms with Crippen molar-refractivity contribution in [2.75, 3.05) is 5.32 Å². The van der Waals surface area contributed by atoms with Crippen LogP contribution in [0.3, 0.4) is 0 Å². The van der Waals surface area contributed by atoms with Crippen molar-refractivity contribution in [1.82, 2.24) is 5.73 Å². The number of rotatable bonds is 15. The van der Waals surface area contributed by atoms with Gasteiger partial charge in [0.25, 0.3) is 5.91 Å². The highest BCUT2D eigenvalue weighted by Gasteiger charge is 2.23. The molecule has 2 aromatic carbocycles. The Morgan fingerprint density at radius 2 is 1.49 bits per heavy atom. The summed E-state index contributed by atoms with van der Waals surface area (Å²) in [5.41, 5.74) is 9.25. The molecule has 0 saturated heterocycles. The molecule has 1 amide bonds. The molecule has 1 atom stereocenters. The van der Waals surface area contributed by atoms with Crippen LogP contribution >= 0.6 is 0 Å². The fourth-order valence-electron chi connectivity index (χ4n) is 4.19. The van der Waals surface area contributed by atoms with Gasteiger partial charge in [0.2, 0.25) is 0 Å². The second kappa shape index (κ2) is 14.7. The van der Waals surface area contributed by atoms with Crippen LogP contribution in [0, 0.1) is 0 Å². The van der Waals surface area contributed by atoms with Gasteiger partial charge in [-0.05, 0) is 60.7 Å². The van der Waals surface area contributed by atoms with E-state index in [0.29, 0.717) is 23.5 Å². The number of aromatic hydroxyl groups is 1. The van der Waals surface area contributed by atoms with Crippen LogP contribution < -0.4 is 15.8 Å². The van der Waals surface area contributed by atoms with Crippen LogP contribution in [0.15, 0.2) is 42.5 Å². The van der Waals surface area contributed by atoms with Gasteiger partial charge in [-0.3, -0.25) is 4.79 Å². The maximum absolute atomic E-state index is 13.1. The molecule has 0 aliphatic heterocycles. The van der Waals surface area contributed by atoms with Gasteiger partial charge < -0.3 is 20.9 Å². The van der Waals surface area contributed by atoms with Crippen molar-refractivity contribution >= 4 is 17.3 Å². The lowest BCUT2D eigenvalue weighted by molar-refractivity contribution is -0.123. The number of benzene rings is 2. The minimum Gasteiger partial charge on any atom is -0.508 e. The first-order valence-corrected chi connectivity index (χ1v) is 13.3. The van der Waals surface area contributed by atoms with Crippen LogP contribution in [-0.4, -0.2) is 17.1 Å². The number of carbonyl (C=O) groups is 1. The van der Waals surface area contributed by atoms with E-state index in [1.165, 1.54) is 51.4 Å². The maximum atomic E-state index is 13.1. The third-order valence-corrected chi connectivity index (χ3v) is 6.32. The number of phenolic OH excluding ortho intramolecular Hbond substituents is 1. The molecule has 5 heteroatoms. The summed E-state index contributed by atoms with van der Waals surface area (Å²) >= 11 is 0. The molecule has 35 heavy (non-hydrogen) atoms. The highest BCUT2D eigenvalue weighted by molar-refractivity contribution is 5.94. The number of unbranched alkanes of at least 4 members (excludes halogenated alkanes) is 9. The van der Waals surface area contributed by atoms with Gasteiger partial charge in [-0.25, -0.2) is 0 Å². The van der Waals surface area contributed by atoms with Crippen LogP contribution in [0.4, 0.5) is 11.4 Å². The van der Waals surface area contributed by atoms with Crippen LogP contribution in [0.2, 0.25) is 0 Å². The first-order chi connectivity index (χ1) is 16.7. The molecule has 1 unspecified atom stereocenters. The van der Waals surface area contributed by atoms with Gasteiger partial charge in [-0.1, -0.05) is 85.5 Å². The summed E-state index contributed by atoms with van der Waals surface area (Å²) < 4.78 is 6.19. The summed E-state index contributed by atoms with van der Waals surface area (Å²) in [6.07, 6.45) is 12.4. The topological polar surface area (TPSA) is 82.4 Å². The number of ether oxygens (including phenoxy) is 1. The van der Waals surface area contributed by atoms with Crippen molar-refractivity contribution in [2.24, 2.45) is 0 Å². The minimum absolute atomic E-state index is 0.191. The van der Waals surface area contributed by atoms with E-state index in [4.69, 9.17) is 10.5 Å². The Hall–Kier alpha value is -2.69. The van der Waals surface area contributed by atoms with Gasteiger partial charge in [-0.15, -0.1) is 0 Å². The minimum atomic E-state index is -0.628. The molecule has 2 aromatic rings. The van der Waals surface area contributed by atoms with E-state index in [0.717, 1.165) is 18.4 Å². The Labute approximate surface area is 212 Å². The molecule has 5 nitrogen and oxygen atoms in total. The second-order valence-electron chi connectivity index (χ2n) is 10.6. The smallest absolute Gasteiger partial charge is 0.265 e. The summed E-state index contributed by atoms with van der Waals surface area (Å²) in [4.78, 5) is 13.1.